The average molecular weight is 153 g/mol. The Morgan fingerprint density at radius 1 is 1.82 bits per heavy atom. The average Bonchev–Trinajstić information content (AvgIpc) is 2.33. The molecule has 1 rings (SSSR count). The summed E-state index contributed by atoms with van der Waals surface area (Å²) < 4.78 is 1.52. The van der Waals surface area contributed by atoms with Gasteiger partial charge in [0.1, 0.15) is 5.69 Å². The van der Waals surface area contributed by atoms with E-state index in [-0.39, 0.29) is 5.78 Å². The lowest BCUT2D eigenvalue weighted by Gasteiger charge is -2.02. The van der Waals surface area contributed by atoms with Crippen LogP contribution in [-0.2, 0) is 7.05 Å². The van der Waals surface area contributed by atoms with E-state index in [2.05, 4.69) is 5.10 Å². The van der Waals surface area contributed by atoms with Gasteiger partial charge in [-0.25, -0.2) is 0 Å². The van der Waals surface area contributed by atoms with Gasteiger partial charge in [-0.15, -0.1) is 0 Å². The molecule has 1 aromatic rings. The van der Waals surface area contributed by atoms with Crippen molar-refractivity contribution in [3.8, 4) is 0 Å². The molecule has 0 radical (unpaired) electrons. The van der Waals surface area contributed by atoms with Crippen LogP contribution in [0.15, 0.2) is 12.3 Å². The molecule has 1 aromatic heterocycles. The maximum Gasteiger partial charge on any atom is 0.197 e. The van der Waals surface area contributed by atoms with Crippen molar-refractivity contribution in [3.63, 3.8) is 0 Å². The van der Waals surface area contributed by atoms with Crippen LogP contribution in [0.1, 0.15) is 17.4 Å². The van der Waals surface area contributed by atoms with Crippen LogP contribution in [-0.4, -0.2) is 21.6 Å². The molecule has 11 heavy (non-hydrogen) atoms. The van der Waals surface area contributed by atoms with Crippen LogP contribution >= 0.6 is 0 Å². The number of aromatic nitrogens is 2. The highest BCUT2D eigenvalue weighted by atomic mass is 16.1. The van der Waals surface area contributed by atoms with Crippen molar-refractivity contribution in [1.29, 1.82) is 0 Å². The summed E-state index contributed by atoms with van der Waals surface area (Å²) in [6.45, 7) is 1.66. The monoisotopic (exact) mass is 153 g/mol. The van der Waals surface area contributed by atoms with Gasteiger partial charge in [0.25, 0.3) is 0 Å². The molecule has 2 N–H and O–H groups in total. The molecule has 0 saturated carbocycles. The van der Waals surface area contributed by atoms with Gasteiger partial charge in [0, 0.05) is 13.2 Å². The second kappa shape index (κ2) is 2.84. The maximum atomic E-state index is 11.2. The van der Waals surface area contributed by atoms with E-state index < -0.39 is 6.04 Å². The summed E-state index contributed by atoms with van der Waals surface area (Å²) in [4.78, 5) is 11.2. The Bertz CT molecular complexity index is 264. The van der Waals surface area contributed by atoms with E-state index in [1.807, 2.05) is 0 Å². The molecule has 0 aromatic carbocycles. The van der Waals surface area contributed by atoms with Crippen molar-refractivity contribution >= 4 is 5.78 Å². The zero-order valence-electron chi connectivity index (χ0n) is 6.61. The van der Waals surface area contributed by atoms with Gasteiger partial charge in [-0.05, 0) is 13.0 Å². The number of carbonyl (C=O) groups is 1. The minimum absolute atomic E-state index is 0.0787. The van der Waals surface area contributed by atoms with E-state index in [9.17, 15) is 4.79 Å². The number of Topliss-reactive ketones (excluding diaryl/α,β-unsaturated/α-hetero) is 1. The Hall–Kier alpha value is -1.16. The van der Waals surface area contributed by atoms with Crippen molar-refractivity contribution in [2.75, 3.05) is 0 Å². The lowest BCUT2D eigenvalue weighted by molar-refractivity contribution is 0.0958. The smallest absolute Gasteiger partial charge is 0.197 e. The van der Waals surface area contributed by atoms with Crippen molar-refractivity contribution in [3.05, 3.63) is 18.0 Å². The van der Waals surface area contributed by atoms with Crippen molar-refractivity contribution < 1.29 is 4.79 Å². The van der Waals surface area contributed by atoms with Gasteiger partial charge in [0.05, 0.1) is 6.04 Å². The van der Waals surface area contributed by atoms with Gasteiger partial charge in [0.2, 0.25) is 0 Å². The molecule has 0 aliphatic heterocycles. The van der Waals surface area contributed by atoms with Gasteiger partial charge < -0.3 is 5.73 Å². The van der Waals surface area contributed by atoms with E-state index in [1.54, 1.807) is 26.2 Å². The fraction of sp³-hybridized carbons (Fsp3) is 0.429. The van der Waals surface area contributed by atoms with Crippen LogP contribution in [0, 0.1) is 0 Å². The molecule has 0 bridgehead atoms. The first-order chi connectivity index (χ1) is 5.13. The fourth-order valence-corrected chi connectivity index (χ4v) is 0.849. The Morgan fingerprint density at radius 3 is 2.82 bits per heavy atom. The van der Waals surface area contributed by atoms with Crippen LogP contribution in [0.5, 0.6) is 0 Å². The summed E-state index contributed by atoms with van der Waals surface area (Å²) >= 11 is 0. The minimum Gasteiger partial charge on any atom is -0.321 e. The van der Waals surface area contributed by atoms with Crippen LogP contribution in [0.4, 0.5) is 0 Å². The number of nitrogens with zero attached hydrogens (tertiary/aromatic N) is 2. The molecule has 0 saturated heterocycles. The van der Waals surface area contributed by atoms with E-state index in [0.717, 1.165) is 0 Å². The summed E-state index contributed by atoms with van der Waals surface area (Å²) in [5, 5.41) is 3.86. The highest BCUT2D eigenvalue weighted by Crippen LogP contribution is 1.99. The van der Waals surface area contributed by atoms with Gasteiger partial charge in [0.15, 0.2) is 5.78 Å². The predicted octanol–water partition coefficient (Wildman–Crippen LogP) is -0.0500. The standard InChI is InChI=1S/C7H11N3O/c1-5(8)7(11)6-3-4-9-10(6)2/h3-5H,8H2,1-2H3. The molecule has 1 heterocycles. The molecule has 0 spiro atoms. The number of carbonyl (C=O) groups excluding carboxylic acids is 1. The molecule has 0 aliphatic carbocycles. The SMILES string of the molecule is CC(N)C(=O)c1ccnn1C. The lowest BCUT2D eigenvalue weighted by Crippen LogP contribution is -2.28. The number of hydrogen-bond donors (Lipinski definition) is 1. The number of ketones is 1. The molecule has 4 heteroatoms. The summed E-state index contributed by atoms with van der Waals surface area (Å²) in [5.41, 5.74) is 5.96. The molecule has 1 atom stereocenters. The van der Waals surface area contributed by atoms with Crippen molar-refractivity contribution in [2.24, 2.45) is 12.8 Å². The van der Waals surface area contributed by atoms with Crippen LogP contribution in [0.3, 0.4) is 0 Å². The molecule has 0 amide bonds. The van der Waals surface area contributed by atoms with Crippen LogP contribution < -0.4 is 5.73 Å². The third-order valence-corrected chi connectivity index (χ3v) is 1.49. The molecule has 60 valence electrons. The summed E-state index contributed by atoms with van der Waals surface area (Å²) in [7, 11) is 1.72. The zero-order valence-corrected chi connectivity index (χ0v) is 6.61. The zero-order chi connectivity index (χ0) is 8.43. The van der Waals surface area contributed by atoms with Gasteiger partial charge in [-0.1, -0.05) is 0 Å². The second-order valence-electron chi connectivity index (χ2n) is 2.49. The van der Waals surface area contributed by atoms with Crippen LogP contribution in [0.2, 0.25) is 0 Å². The number of rotatable bonds is 2. The van der Waals surface area contributed by atoms with Gasteiger partial charge in [-0.3, -0.25) is 9.48 Å². The highest BCUT2D eigenvalue weighted by Gasteiger charge is 2.13. The van der Waals surface area contributed by atoms with Gasteiger partial charge in [-0.2, -0.15) is 5.10 Å². The van der Waals surface area contributed by atoms with E-state index >= 15 is 0 Å². The molecular weight excluding hydrogens is 142 g/mol. The Kier molecular flexibility index (Phi) is 2.05. The van der Waals surface area contributed by atoms with E-state index in [1.165, 1.54) is 4.68 Å². The van der Waals surface area contributed by atoms with Gasteiger partial charge >= 0.3 is 0 Å². The topological polar surface area (TPSA) is 60.9 Å². The Balaban J connectivity index is 2.93. The number of aryl methyl sites for hydroxylation is 1. The molecule has 1 unspecified atom stereocenters. The molecule has 0 fully saturated rings. The minimum atomic E-state index is -0.453. The van der Waals surface area contributed by atoms with Crippen molar-refractivity contribution in [1.82, 2.24) is 9.78 Å². The highest BCUT2D eigenvalue weighted by molar-refractivity contribution is 5.98. The first-order valence-electron chi connectivity index (χ1n) is 3.40. The predicted molar refractivity (Wildman–Crippen MR) is 41.2 cm³/mol. The summed E-state index contributed by atoms with van der Waals surface area (Å²) in [6.07, 6.45) is 1.58. The largest absolute Gasteiger partial charge is 0.321 e. The Morgan fingerprint density at radius 2 is 2.45 bits per heavy atom. The normalized spacial score (nSPS) is 13.0. The third-order valence-electron chi connectivity index (χ3n) is 1.49. The number of hydrogen-bond acceptors (Lipinski definition) is 3. The number of nitrogens with two attached hydrogens (primary N) is 1. The fourth-order valence-electron chi connectivity index (χ4n) is 0.849. The lowest BCUT2D eigenvalue weighted by atomic mass is 10.2. The third kappa shape index (κ3) is 1.46. The first-order valence-corrected chi connectivity index (χ1v) is 3.40. The summed E-state index contributed by atoms with van der Waals surface area (Å²) in [6, 6.07) is 1.21. The summed E-state index contributed by atoms with van der Waals surface area (Å²) in [5.74, 6) is -0.0787. The first kappa shape index (κ1) is 7.94. The quantitative estimate of drug-likeness (QED) is 0.606. The molecule has 0 aliphatic rings. The van der Waals surface area contributed by atoms with E-state index in [4.69, 9.17) is 5.73 Å². The molecule has 4 nitrogen and oxygen atoms in total. The second-order valence-corrected chi connectivity index (χ2v) is 2.49. The Labute approximate surface area is 65.0 Å². The van der Waals surface area contributed by atoms with Crippen LogP contribution in [0.25, 0.3) is 0 Å². The van der Waals surface area contributed by atoms with Crippen molar-refractivity contribution in [2.45, 2.75) is 13.0 Å². The van der Waals surface area contributed by atoms with E-state index in [0.29, 0.717) is 5.69 Å². The maximum absolute atomic E-state index is 11.2. The molecular formula is C7H11N3O.